The van der Waals surface area contributed by atoms with E-state index < -0.39 is 12.1 Å². The largest absolute Gasteiger partial charge is 0.490 e. The number of likely N-dealkylation sites (tertiary alicyclic amines) is 1. The predicted octanol–water partition coefficient (Wildman–Crippen LogP) is 3.52. The van der Waals surface area contributed by atoms with Gasteiger partial charge in [-0.3, -0.25) is 0 Å². The van der Waals surface area contributed by atoms with Crippen LogP contribution < -0.4 is 5.32 Å². The lowest BCUT2D eigenvalue weighted by atomic mass is 9.71. The maximum Gasteiger partial charge on any atom is 0.490 e. The van der Waals surface area contributed by atoms with Gasteiger partial charge in [-0.2, -0.15) is 13.2 Å². The van der Waals surface area contributed by atoms with Gasteiger partial charge in [0.15, 0.2) is 0 Å². The number of hydrogen-bond donors (Lipinski definition) is 2. The molecule has 2 rings (SSSR count). The first kappa shape index (κ1) is 21.2. The van der Waals surface area contributed by atoms with Crippen LogP contribution in [0.5, 0.6) is 0 Å². The van der Waals surface area contributed by atoms with Crippen molar-refractivity contribution in [1.29, 1.82) is 0 Å². The molecule has 0 bridgehead atoms. The molecule has 142 valence electrons. The summed E-state index contributed by atoms with van der Waals surface area (Å²) < 4.78 is 31.7. The summed E-state index contributed by atoms with van der Waals surface area (Å²) in [5, 5.41) is 10.6. The van der Waals surface area contributed by atoms with E-state index in [0.29, 0.717) is 10.8 Å². The highest BCUT2D eigenvalue weighted by Crippen LogP contribution is 2.39. The highest BCUT2D eigenvalue weighted by atomic mass is 19.4. The topological polar surface area (TPSA) is 52.6 Å². The Bertz CT molecular complexity index is 390. The molecule has 7 heteroatoms. The van der Waals surface area contributed by atoms with Crippen LogP contribution in [-0.4, -0.2) is 54.9 Å². The van der Waals surface area contributed by atoms with Crippen LogP contribution in [0.1, 0.15) is 52.9 Å². The second-order valence-electron chi connectivity index (χ2n) is 8.21. The molecule has 0 unspecified atom stereocenters. The molecule has 2 aliphatic rings. The molecule has 2 N–H and O–H groups in total. The number of nitrogens with one attached hydrogen (secondary N) is 1. The number of halogens is 3. The average Bonchev–Trinajstić information content (AvgIpc) is 2.46. The second-order valence-corrected chi connectivity index (χ2v) is 8.21. The summed E-state index contributed by atoms with van der Waals surface area (Å²) in [7, 11) is 0. The molecular formula is C17H31F3N2O2. The first-order valence-corrected chi connectivity index (χ1v) is 8.67. The SMILES string of the molecule is CC(C)(C)CCN1CCC2(CCNCC2)CC1.O=C(O)C(F)(F)F. The molecule has 0 aromatic carbocycles. The van der Waals surface area contributed by atoms with E-state index in [4.69, 9.17) is 9.90 Å². The molecule has 24 heavy (non-hydrogen) atoms. The molecule has 0 aromatic heterocycles. The number of piperidine rings is 2. The number of alkyl halides is 3. The van der Waals surface area contributed by atoms with Crippen molar-refractivity contribution >= 4 is 5.97 Å². The summed E-state index contributed by atoms with van der Waals surface area (Å²) in [5.41, 5.74) is 1.20. The molecule has 0 aliphatic carbocycles. The highest BCUT2D eigenvalue weighted by molar-refractivity contribution is 5.73. The van der Waals surface area contributed by atoms with Crippen LogP contribution in [0.2, 0.25) is 0 Å². The Hall–Kier alpha value is -0.820. The number of rotatable bonds is 2. The van der Waals surface area contributed by atoms with Gasteiger partial charge in [0.05, 0.1) is 0 Å². The van der Waals surface area contributed by atoms with Gasteiger partial charge in [-0.25, -0.2) is 4.79 Å². The standard InChI is InChI=1S/C15H30N2.C2HF3O2/c1-14(2,3)6-11-17-12-7-15(8-13-17)4-9-16-10-5-15;3-2(4,5)1(6)7/h16H,4-13H2,1-3H3;(H,6,7). The number of aliphatic carboxylic acids is 1. The van der Waals surface area contributed by atoms with Gasteiger partial charge in [-0.1, -0.05) is 20.8 Å². The molecule has 1 spiro atoms. The van der Waals surface area contributed by atoms with Crippen LogP contribution in [-0.2, 0) is 4.79 Å². The van der Waals surface area contributed by atoms with Crippen LogP contribution in [0.4, 0.5) is 13.2 Å². The third-order valence-corrected chi connectivity index (χ3v) is 5.00. The van der Waals surface area contributed by atoms with Crippen LogP contribution in [0.3, 0.4) is 0 Å². The molecule has 0 aromatic rings. The van der Waals surface area contributed by atoms with Gasteiger partial charge in [0, 0.05) is 0 Å². The molecule has 2 aliphatic heterocycles. The Labute approximate surface area is 142 Å². The first-order chi connectivity index (χ1) is 10.9. The van der Waals surface area contributed by atoms with E-state index in [9.17, 15) is 13.2 Å². The maximum atomic E-state index is 10.6. The van der Waals surface area contributed by atoms with Crippen molar-refractivity contribution in [3.8, 4) is 0 Å². The zero-order valence-electron chi connectivity index (χ0n) is 15.0. The summed E-state index contributed by atoms with van der Waals surface area (Å²) in [4.78, 5) is 11.6. The van der Waals surface area contributed by atoms with Gasteiger partial charge in [0.2, 0.25) is 0 Å². The van der Waals surface area contributed by atoms with Gasteiger partial charge >= 0.3 is 12.1 Å². The Morgan fingerprint density at radius 2 is 1.54 bits per heavy atom. The van der Waals surface area contributed by atoms with E-state index in [0.717, 1.165) is 0 Å². The first-order valence-electron chi connectivity index (χ1n) is 8.67. The maximum absolute atomic E-state index is 10.6. The minimum Gasteiger partial charge on any atom is -0.475 e. The molecule has 0 amide bonds. The Morgan fingerprint density at radius 1 is 1.08 bits per heavy atom. The van der Waals surface area contributed by atoms with E-state index in [1.165, 1.54) is 64.8 Å². The van der Waals surface area contributed by atoms with Crippen molar-refractivity contribution in [2.24, 2.45) is 10.8 Å². The van der Waals surface area contributed by atoms with Crippen LogP contribution in [0.15, 0.2) is 0 Å². The van der Waals surface area contributed by atoms with Gasteiger partial charge in [0.25, 0.3) is 0 Å². The van der Waals surface area contributed by atoms with E-state index in [1.807, 2.05) is 0 Å². The van der Waals surface area contributed by atoms with Gasteiger partial charge in [-0.15, -0.1) is 0 Å². The quantitative estimate of drug-likeness (QED) is 0.798. The fourth-order valence-corrected chi connectivity index (χ4v) is 3.20. The number of hydrogen-bond acceptors (Lipinski definition) is 3. The van der Waals surface area contributed by atoms with E-state index in [1.54, 1.807) is 0 Å². The van der Waals surface area contributed by atoms with Crippen molar-refractivity contribution in [3.63, 3.8) is 0 Å². The zero-order valence-corrected chi connectivity index (χ0v) is 15.0. The van der Waals surface area contributed by atoms with Gasteiger partial charge < -0.3 is 15.3 Å². The molecule has 2 saturated heterocycles. The fourth-order valence-electron chi connectivity index (χ4n) is 3.20. The van der Waals surface area contributed by atoms with Crippen LogP contribution in [0, 0.1) is 10.8 Å². The van der Waals surface area contributed by atoms with Crippen molar-refractivity contribution in [2.75, 3.05) is 32.7 Å². The molecule has 0 atom stereocenters. The summed E-state index contributed by atoms with van der Waals surface area (Å²) in [5.74, 6) is -2.76. The minimum absolute atomic E-state index is 0.490. The van der Waals surface area contributed by atoms with Crippen LogP contribution in [0.25, 0.3) is 0 Å². The fraction of sp³-hybridized carbons (Fsp3) is 0.941. The van der Waals surface area contributed by atoms with Gasteiger partial charge in [-0.05, 0) is 75.7 Å². The Kier molecular flexibility index (Phi) is 7.53. The number of carboxylic acid groups (broad SMARTS) is 1. The van der Waals surface area contributed by atoms with Crippen molar-refractivity contribution in [3.05, 3.63) is 0 Å². The van der Waals surface area contributed by atoms with E-state index in [-0.39, 0.29) is 0 Å². The normalized spacial score (nSPS) is 21.9. The molecule has 4 nitrogen and oxygen atoms in total. The predicted molar refractivity (Wildman–Crippen MR) is 88.0 cm³/mol. The highest BCUT2D eigenvalue weighted by Gasteiger charge is 2.38. The summed E-state index contributed by atoms with van der Waals surface area (Å²) in [6.07, 6.45) is 1.97. The summed E-state index contributed by atoms with van der Waals surface area (Å²) >= 11 is 0. The molecular weight excluding hydrogens is 321 g/mol. The van der Waals surface area contributed by atoms with Crippen LogP contribution >= 0.6 is 0 Å². The van der Waals surface area contributed by atoms with E-state index >= 15 is 0 Å². The summed E-state index contributed by atoms with van der Waals surface area (Å²) in [6.45, 7) is 13.6. The molecule has 2 fully saturated rings. The van der Waals surface area contributed by atoms with Crippen molar-refractivity contribution < 1.29 is 23.1 Å². The third-order valence-electron chi connectivity index (χ3n) is 5.00. The molecule has 0 saturated carbocycles. The lowest BCUT2D eigenvalue weighted by molar-refractivity contribution is -0.192. The monoisotopic (exact) mass is 352 g/mol. The number of carboxylic acids is 1. The molecule has 0 radical (unpaired) electrons. The van der Waals surface area contributed by atoms with Gasteiger partial charge in [0.1, 0.15) is 0 Å². The molecule has 2 heterocycles. The lowest BCUT2D eigenvalue weighted by Crippen LogP contribution is -2.46. The average molecular weight is 352 g/mol. The Morgan fingerprint density at radius 3 is 1.92 bits per heavy atom. The third kappa shape index (κ3) is 7.83. The van der Waals surface area contributed by atoms with E-state index in [2.05, 4.69) is 31.0 Å². The van der Waals surface area contributed by atoms with Crippen molar-refractivity contribution in [2.45, 2.75) is 59.1 Å². The van der Waals surface area contributed by atoms with Crippen molar-refractivity contribution in [1.82, 2.24) is 10.2 Å². The smallest absolute Gasteiger partial charge is 0.475 e. The Balaban J connectivity index is 0.000000351. The number of carbonyl (C=O) groups is 1. The minimum atomic E-state index is -5.08. The lowest BCUT2D eigenvalue weighted by Gasteiger charge is -2.44. The second kappa shape index (κ2) is 8.52. The number of nitrogens with zero attached hydrogens (tertiary/aromatic N) is 1. The zero-order chi connectivity index (χ0) is 18.4. The summed E-state index contributed by atoms with van der Waals surface area (Å²) in [6, 6.07) is 0.